The Morgan fingerprint density at radius 3 is 2.56 bits per heavy atom. The second-order valence-corrected chi connectivity index (χ2v) is 6.59. The van der Waals surface area contributed by atoms with Crippen LogP contribution in [0.4, 0.5) is 0 Å². The molecular weight excluding hydrogens is 246 g/mol. The maximum atomic E-state index is 11.9. The highest BCUT2D eigenvalue weighted by molar-refractivity contribution is 7.92. The molecule has 0 bridgehead atoms. The van der Waals surface area contributed by atoms with Gasteiger partial charge >= 0.3 is 0 Å². The quantitative estimate of drug-likeness (QED) is 0.910. The number of hydrogen-bond acceptors (Lipinski definition) is 2. The second-order valence-electron chi connectivity index (χ2n) is 4.99. The van der Waals surface area contributed by atoms with Crippen LogP contribution in [-0.2, 0) is 10.0 Å². The largest absolute Gasteiger partial charge is 0.233 e. The fourth-order valence-corrected chi connectivity index (χ4v) is 3.41. The summed E-state index contributed by atoms with van der Waals surface area (Å²) in [6.45, 7) is 2.16. The highest BCUT2D eigenvalue weighted by Gasteiger charge is 2.24. The van der Waals surface area contributed by atoms with Crippen molar-refractivity contribution in [3.63, 3.8) is 0 Å². The van der Waals surface area contributed by atoms with Gasteiger partial charge in [0.15, 0.2) is 0 Å². The summed E-state index contributed by atoms with van der Waals surface area (Å²) in [6, 6.07) is 9.54. The topological polar surface area (TPSA) is 46.2 Å². The Labute approximate surface area is 109 Å². The molecule has 1 aromatic carbocycles. The lowest BCUT2D eigenvalue weighted by Crippen LogP contribution is -2.31. The van der Waals surface area contributed by atoms with Gasteiger partial charge in [-0.1, -0.05) is 37.3 Å². The van der Waals surface area contributed by atoms with Crippen LogP contribution in [0.15, 0.2) is 35.7 Å². The first-order valence-corrected chi connectivity index (χ1v) is 7.85. The van der Waals surface area contributed by atoms with E-state index >= 15 is 0 Å². The molecular formula is C14H19NO2S. The molecule has 1 aliphatic carbocycles. The normalized spacial score (nSPS) is 24.7. The average Bonchev–Trinajstić information content (AvgIpc) is 2.73. The molecule has 2 unspecified atom stereocenters. The third kappa shape index (κ3) is 3.96. The van der Waals surface area contributed by atoms with Crippen LogP contribution >= 0.6 is 0 Å². The number of hydrogen-bond donors (Lipinski definition) is 1. The van der Waals surface area contributed by atoms with Crippen LogP contribution in [0, 0.1) is 5.92 Å². The third-order valence-corrected chi connectivity index (χ3v) is 4.42. The predicted molar refractivity (Wildman–Crippen MR) is 74.3 cm³/mol. The van der Waals surface area contributed by atoms with E-state index in [1.165, 1.54) is 5.41 Å². The van der Waals surface area contributed by atoms with E-state index < -0.39 is 10.0 Å². The Balaban J connectivity index is 1.97. The lowest BCUT2D eigenvalue weighted by Gasteiger charge is -2.10. The second kappa shape index (κ2) is 5.67. The molecule has 2 rings (SSSR count). The standard InChI is InChI=1S/C14H19NO2S/c1-12-7-8-14(11-12)15-18(16,17)10-9-13-5-3-2-4-6-13/h2-6,9-10,12,14-15H,7-8,11H2,1H3/b10-9+. The van der Waals surface area contributed by atoms with Crippen LogP contribution in [-0.4, -0.2) is 14.5 Å². The fourth-order valence-electron chi connectivity index (χ4n) is 2.32. The number of nitrogens with one attached hydrogen (secondary N) is 1. The highest BCUT2D eigenvalue weighted by Crippen LogP contribution is 2.25. The molecule has 0 aliphatic heterocycles. The molecule has 1 fully saturated rings. The van der Waals surface area contributed by atoms with Crippen molar-refractivity contribution in [3.05, 3.63) is 41.3 Å². The van der Waals surface area contributed by atoms with Gasteiger partial charge in [-0.3, -0.25) is 0 Å². The summed E-state index contributed by atoms with van der Waals surface area (Å²) >= 11 is 0. The van der Waals surface area contributed by atoms with E-state index in [0.29, 0.717) is 5.92 Å². The molecule has 3 nitrogen and oxygen atoms in total. The van der Waals surface area contributed by atoms with Crippen LogP contribution in [0.1, 0.15) is 31.7 Å². The van der Waals surface area contributed by atoms with Crippen molar-refractivity contribution in [2.24, 2.45) is 5.92 Å². The molecule has 18 heavy (non-hydrogen) atoms. The van der Waals surface area contributed by atoms with Crippen molar-refractivity contribution in [3.8, 4) is 0 Å². The molecule has 0 saturated heterocycles. The molecule has 1 N–H and O–H groups in total. The Morgan fingerprint density at radius 1 is 1.22 bits per heavy atom. The van der Waals surface area contributed by atoms with Crippen molar-refractivity contribution >= 4 is 16.1 Å². The zero-order valence-corrected chi connectivity index (χ0v) is 11.4. The monoisotopic (exact) mass is 265 g/mol. The smallest absolute Gasteiger partial charge is 0.209 e. The first-order valence-electron chi connectivity index (χ1n) is 6.30. The van der Waals surface area contributed by atoms with Gasteiger partial charge in [-0.2, -0.15) is 0 Å². The van der Waals surface area contributed by atoms with Crippen molar-refractivity contribution < 1.29 is 8.42 Å². The van der Waals surface area contributed by atoms with Gasteiger partial charge in [-0.25, -0.2) is 13.1 Å². The molecule has 98 valence electrons. The summed E-state index contributed by atoms with van der Waals surface area (Å²) in [6.07, 6.45) is 4.62. The Bertz CT molecular complexity index is 508. The van der Waals surface area contributed by atoms with Gasteiger partial charge in [0.05, 0.1) is 0 Å². The molecule has 0 spiro atoms. The van der Waals surface area contributed by atoms with E-state index in [9.17, 15) is 8.42 Å². The molecule has 0 aromatic heterocycles. The number of benzene rings is 1. The molecule has 1 aliphatic rings. The van der Waals surface area contributed by atoms with E-state index in [2.05, 4.69) is 11.6 Å². The third-order valence-electron chi connectivity index (χ3n) is 3.26. The highest BCUT2D eigenvalue weighted by atomic mass is 32.2. The maximum Gasteiger partial charge on any atom is 0.233 e. The molecule has 4 heteroatoms. The van der Waals surface area contributed by atoms with Crippen molar-refractivity contribution in [2.75, 3.05) is 0 Å². The van der Waals surface area contributed by atoms with Crippen LogP contribution in [0.25, 0.3) is 6.08 Å². The van der Waals surface area contributed by atoms with E-state index in [1.54, 1.807) is 6.08 Å². The molecule has 0 radical (unpaired) electrons. The summed E-state index contributed by atoms with van der Waals surface area (Å²) in [5, 5.41) is 1.26. The zero-order valence-electron chi connectivity index (χ0n) is 10.5. The van der Waals surface area contributed by atoms with E-state index in [0.717, 1.165) is 24.8 Å². The molecule has 0 amide bonds. The van der Waals surface area contributed by atoms with Gasteiger partial charge in [0.2, 0.25) is 10.0 Å². The lowest BCUT2D eigenvalue weighted by atomic mass is 10.1. The van der Waals surface area contributed by atoms with Crippen molar-refractivity contribution in [1.82, 2.24) is 4.72 Å². The minimum Gasteiger partial charge on any atom is -0.209 e. The Kier molecular flexibility index (Phi) is 4.19. The number of rotatable bonds is 4. The molecule has 1 aromatic rings. The first-order chi connectivity index (χ1) is 8.55. The molecule has 1 saturated carbocycles. The summed E-state index contributed by atoms with van der Waals surface area (Å²) < 4.78 is 26.5. The Morgan fingerprint density at radius 2 is 1.94 bits per heavy atom. The summed E-state index contributed by atoms with van der Waals surface area (Å²) in [4.78, 5) is 0. The van der Waals surface area contributed by atoms with E-state index in [4.69, 9.17) is 0 Å². The fraction of sp³-hybridized carbons (Fsp3) is 0.429. The van der Waals surface area contributed by atoms with Gasteiger partial charge < -0.3 is 0 Å². The molecule has 0 heterocycles. The summed E-state index contributed by atoms with van der Waals surface area (Å²) in [7, 11) is -3.32. The van der Waals surface area contributed by atoms with Gasteiger partial charge in [-0.05, 0) is 36.8 Å². The summed E-state index contributed by atoms with van der Waals surface area (Å²) in [5.74, 6) is 0.621. The van der Waals surface area contributed by atoms with Crippen LogP contribution < -0.4 is 4.72 Å². The van der Waals surface area contributed by atoms with Crippen molar-refractivity contribution in [1.29, 1.82) is 0 Å². The van der Waals surface area contributed by atoms with Crippen LogP contribution in [0.3, 0.4) is 0 Å². The predicted octanol–water partition coefficient (Wildman–Crippen LogP) is 2.77. The van der Waals surface area contributed by atoms with Gasteiger partial charge in [0, 0.05) is 11.4 Å². The van der Waals surface area contributed by atoms with E-state index in [-0.39, 0.29) is 6.04 Å². The lowest BCUT2D eigenvalue weighted by molar-refractivity contribution is 0.545. The van der Waals surface area contributed by atoms with Gasteiger partial charge in [0.25, 0.3) is 0 Å². The number of sulfonamides is 1. The van der Waals surface area contributed by atoms with Gasteiger partial charge in [0.1, 0.15) is 0 Å². The van der Waals surface area contributed by atoms with Crippen LogP contribution in [0.5, 0.6) is 0 Å². The van der Waals surface area contributed by atoms with Gasteiger partial charge in [-0.15, -0.1) is 0 Å². The van der Waals surface area contributed by atoms with E-state index in [1.807, 2.05) is 30.3 Å². The minimum absolute atomic E-state index is 0.102. The Hall–Kier alpha value is -1.13. The minimum atomic E-state index is -3.32. The van der Waals surface area contributed by atoms with Crippen LogP contribution in [0.2, 0.25) is 0 Å². The molecule has 2 atom stereocenters. The first kappa shape index (κ1) is 13.3. The average molecular weight is 265 g/mol. The maximum absolute atomic E-state index is 11.9. The summed E-state index contributed by atoms with van der Waals surface area (Å²) in [5.41, 5.74) is 0.891. The van der Waals surface area contributed by atoms with Crippen molar-refractivity contribution in [2.45, 2.75) is 32.2 Å². The SMILES string of the molecule is CC1CCC(NS(=O)(=O)/C=C/c2ccccc2)C1. The zero-order chi connectivity index (χ0) is 13.0.